The highest BCUT2D eigenvalue weighted by Gasteiger charge is 2.26. The summed E-state index contributed by atoms with van der Waals surface area (Å²) in [6, 6.07) is 0. The van der Waals surface area contributed by atoms with Crippen molar-refractivity contribution in [1.29, 1.82) is 0 Å². The van der Waals surface area contributed by atoms with E-state index in [1.54, 1.807) is 23.2 Å². The van der Waals surface area contributed by atoms with Gasteiger partial charge in [0.1, 0.15) is 12.8 Å². The van der Waals surface area contributed by atoms with Crippen molar-refractivity contribution in [3.8, 4) is 0 Å². The molecule has 0 aliphatic carbocycles. The number of thiazole rings is 1. The van der Waals surface area contributed by atoms with Gasteiger partial charge in [0, 0.05) is 12.4 Å². The third-order valence-corrected chi connectivity index (χ3v) is 4.40. The molecule has 0 atom stereocenters. The number of imidazole rings is 1. The third-order valence-electron chi connectivity index (χ3n) is 2.63. The summed E-state index contributed by atoms with van der Waals surface area (Å²) in [4.78, 5) is 15.5. The summed E-state index contributed by atoms with van der Waals surface area (Å²) >= 11 is 2.36. The fourth-order valence-electron chi connectivity index (χ4n) is 1.65. The molecule has 11 heteroatoms. The molecule has 0 saturated carbocycles. The lowest BCUT2D eigenvalue weighted by molar-refractivity contribution is -0.393. The van der Waals surface area contributed by atoms with Gasteiger partial charge >= 0.3 is 5.82 Å². The number of aliphatic hydroxyl groups excluding tert-OH is 1. The minimum atomic E-state index is -0.474. The van der Waals surface area contributed by atoms with Crippen LogP contribution >= 0.6 is 23.1 Å². The monoisotopic (exact) mass is 312 g/mol. The summed E-state index contributed by atoms with van der Waals surface area (Å²) in [6.45, 7) is -0.246. The second-order valence-electron chi connectivity index (χ2n) is 3.77. The number of fused-ring (bicyclic) bond motifs is 1. The number of rotatable bonds is 4. The van der Waals surface area contributed by atoms with Crippen LogP contribution in [0.25, 0.3) is 4.96 Å². The first kappa shape index (κ1) is 13.0. The van der Waals surface area contributed by atoms with Crippen molar-refractivity contribution >= 4 is 33.9 Å². The molecule has 0 saturated heterocycles. The summed E-state index contributed by atoms with van der Waals surface area (Å²) in [5.41, 5.74) is 0. The Morgan fingerprint density at radius 2 is 2.35 bits per heavy atom. The molecule has 0 bridgehead atoms. The summed E-state index contributed by atoms with van der Waals surface area (Å²) in [5, 5.41) is 30.3. The van der Waals surface area contributed by atoms with E-state index < -0.39 is 4.92 Å². The molecule has 3 aromatic rings. The number of nitrogens with zero attached hydrogens (tertiary/aromatic N) is 6. The van der Waals surface area contributed by atoms with Crippen molar-refractivity contribution in [2.24, 2.45) is 7.05 Å². The Morgan fingerprint density at radius 1 is 1.55 bits per heavy atom. The fraction of sp³-hybridized carbons (Fsp3) is 0.222. The molecule has 3 aromatic heterocycles. The first-order valence-electron chi connectivity index (χ1n) is 5.38. The summed E-state index contributed by atoms with van der Waals surface area (Å²) in [6.07, 6.45) is 1.60. The molecule has 0 aliphatic rings. The topological polar surface area (TPSA) is 111 Å². The Morgan fingerprint density at radius 3 is 3.00 bits per heavy atom. The van der Waals surface area contributed by atoms with Gasteiger partial charge in [-0.1, -0.05) is 11.3 Å². The Hall–Kier alpha value is -1.98. The molecule has 0 aromatic carbocycles. The van der Waals surface area contributed by atoms with E-state index >= 15 is 0 Å². The van der Waals surface area contributed by atoms with Gasteiger partial charge in [-0.25, -0.2) is 0 Å². The molecule has 9 nitrogen and oxygen atoms in total. The highest BCUT2D eigenvalue weighted by molar-refractivity contribution is 7.99. The average molecular weight is 312 g/mol. The van der Waals surface area contributed by atoms with Crippen LogP contribution in [0.15, 0.2) is 21.8 Å². The zero-order valence-electron chi connectivity index (χ0n) is 10.1. The van der Waals surface area contributed by atoms with Crippen molar-refractivity contribution < 1.29 is 10.0 Å². The van der Waals surface area contributed by atoms with E-state index in [9.17, 15) is 10.1 Å². The zero-order chi connectivity index (χ0) is 14.3. The van der Waals surface area contributed by atoms with Gasteiger partial charge in [0.25, 0.3) is 4.96 Å². The van der Waals surface area contributed by atoms with Gasteiger partial charge in [0.05, 0.1) is 0 Å². The van der Waals surface area contributed by atoms with Gasteiger partial charge < -0.3 is 19.8 Å². The molecule has 0 amide bonds. The third kappa shape index (κ3) is 1.95. The molecule has 3 rings (SSSR count). The van der Waals surface area contributed by atoms with Crippen molar-refractivity contribution in [3.63, 3.8) is 0 Å². The average Bonchev–Trinajstić information content (AvgIpc) is 3.05. The first-order chi connectivity index (χ1) is 9.61. The van der Waals surface area contributed by atoms with Crippen LogP contribution in [0.4, 0.5) is 5.82 Å². The van der Waals surface area contributed by atoms with Gasteiger partial charge in [-0.3, -0.25) is 0 Å². The van der Waals surface area contributed by atoms with Crippen molar-refractivity contribution in [3.05, 3.63) is 27.5 Å². The van der Waals surface area contributed by atoms with E-state index in [0.717, 1.165) is 11.8 Å². The number of aromatic nitrogens is 5. The Labute approximate surface area is 120 Å². The second-order valence-corrected chi connectivity index (χ2v) is 5.60. The zero-order valence-corrected chi connectivity index (χ0v) is 11.8. The lowest BCUT2D eigenvalue weighted by Gasteiger charge is -2.00. The maximum absolute atomic E-state index is 11.2. The molecule has 20 heavy (non-hydrogen) atoms. The predicted molar refractivity (Wildman–Crippen MR) is 70.8 cm³/mol. The van der Waals surface area contributed by atoms with Gasteiger partial charge in [-0.05, 0) is 16.7 Å². The van der Waals surface area contributed by atoms with Crippen LogP contribution in [0.5, 0.6) is 0 Å². The maximum Gasteiger partial charge on any atom is 0.363 e. The number of hydrogen-bond donors (Lipinski definition) is 1. The van der Waals surface area contributed by atoms with Gasteiger partial charge in [0.15, 0.2) is 11.0 Å². The highest BCUT2D eigenvalue weighted by Crippen LogP contribution is 2.35. The highest BCUT2D eigenvalue weighted by atomic mass is 32.2. The molecule has 3 heterocycles. The molecule has 1 N–H and O–H groups in total. The van der Waals surface area contributed by atoms with Crippen LogP contribution in [-0.4, -0.2) is 34.2 Å². The van der Waals surface area contributed by atoms with E-state index in [2.05, 4.69) is 15.2 Å². The van der Waals surface area contributed by atoms with Crippen LogP contribution in [0.3, 0.4) is 0 Å². The molecule has 0 spiro atoms. The van der Waals surface area contributed by atoms with Gasteiger partial charge in [-0.2, -0.15) is 9.38 Å². The standard InChI is InChI=1S/C9H8N6O3S2/c1-13-5(4-16)11-12-9(13)20-6-7(15(17)18)14-2-3-19-8(14)10-6/h2-3,16H,4H2,1H3. The molecule has 0 radical (unpaired) electrons. The van der Waals surface area contributed by atoms with Crippen LogP contribution in [-0.2, 0) is 13.7 Å². The van der Waals surface area contributed by atoms with Crippen LogP contribution < -0.4 is 0 Å². The van der Waals surface area contributed by atoms with Crippen molar-refractivity contribution in [1.82, 2.24) is 24.1 Å². The minimum Gasteiger partial charge on any atom is -0.388 e. The van der Waals surface area contributed by atoms with E-state index in [4.69, 9.17) is 5.11 Å². The normalized spacial score (nSPS) is 11.3. The van der Waals surface area contributed by atoms with Crippen LogP contribution in [0.2, 0.25) is 0 Å². The Bertz CT molecular complexity index is 791. The van der Waals surface area contributed by atoms with Gasteiger partial charge in [-0.15, -0.1) is 10.2 Å². The first-order valence-corrected chi connectivity index (χ1v) is 7.08. The summed E-state index contributed by atoms with van der Waals surface area (Å²) < 4.78 is 3.00. The fourth-order valence-corrected chi connectivity index (χ4v) is 3.31. The molecule has 0 unspecified atom stereocenters. The molecular weight excluding hydrogens is 304 g/mol. The number of nitro groups is 1. The van der Waals surface area contributed by atoms with Crippen molar-refractivity contribution in [2.75, 3.05) is 0 Å². The smallest absolute Gasteiger partial charge is 0.363 e. The van der Waals surface area contributed by atoms with E-state index in [-0.39, 0.29) is 17.5 Å². The number of aliphatic hydroxyl groups is 1. The quantitative estimate of drug-likeness (QED) is 0.566. The van der Waals surface area contributed by atoms with E-state index in [0.29, 0.717) is 15.9 Å². The lowest BCUT2D eigenvalue weighted by Crippen LogP contribution is -1.99. The number of hydrogen-bond acceptors (Lipinski definition) is 8. The van der Waals surface area contributed by atoms with Crippen molar-refractivity contribution in [2.45, 2.75) is 16.8 Å². The minimum absolute atomic E-state index is 0.0974. The Kier molecular flexibility index (Phi) is 3.16. The second kappa shape index (κ2) is 4.85. The van der Waals surface area contributed by atoms with Gasteiger partial charge in [0.2, 0.25) is 5.03 Å². The molecule has 104 valence electrons. The van der Waals surface area contributed by atoms with E-state index in [1.165, 1.54) is 15.7 Å². The predicted octanol–water partition coefficient (Wildman–Crippen LogP) is 1.08. The summed E-state index contributed by atoms with van der Waals surface area (Å²) in [5.74, 6) is 0.288. The van der Waals surface area contributed by atoms with Crippen LogP contribution in [0.1, 0.15) is 5.82 Å². The van der Waals surface area contributed by atoms with Crippen LogP contribution in [0, 0.1) is 10.1 Å². The largest absolute Gasteiger partial charge is 0.388 e. The lowest BCUT2D eigenvalue weighted by atomic mass is 10.6. The molecule has 0 aliphatic heterocycles. The molecule has 0 fully saturated rings. The Balaban J connectivity index is 2.05. The maximum atomic E-state index is 11.2. The summed E-state index contributed by atoms with van der Waals surface area (Å²) in [7, 11) is 1.68. The van der Waals surface area contributed by atoms with E-state index in [1.807, 2.05) is 0 Å². The molecular formula is C9H8N6O3S2. The SMILES string of the molecule is Cn1c(CO)nnc1Sc1nc2sccn2c1[N+](=O)[O-].